The number of aromatic nitrogens is 1. The number of aryl methyl sites for hydroxylation is 1. The lowest BCUT2D eigenvalue weighted by atomic mass is 10.0. The molecular weight excluding hydrogens is 422 g/mol. The van der Waals surface area contributed by atoms with Crippen LogP contribution < -0.4 is 11.1 Å². The normalized spacial score (nSPS) is 13.7. The summed E-state index contributed by atoms with van der Waals surface area (Å²) in [6.07, 6.45) is 18.3. The van der Waals surface area contributed by atoms with Crippen molar-refractivity contribution in [2.45, 2.75) is 86.1 Å². The third-order valence-corrected chi connectivity index (χ3v) is 6.61. The maximum atomic E-state index is 5.94. The molecule has 0 saturated heterocycles. The minimum Gasteiger partial charge on any atom is -0.365 e. The molecule has 0 fully saturated rings. The number of nitrogens with one attached hydrogen (secondary N) is 1. The first-order chi connectivity index (χ1) is 15.8. The highest BCUT2D eigenvalue weighted by Gasteiger charge is 2.06. The van der Waals surface area contributed by atoms with Gasteiger partial charge >= 0.3 is 0 Å². The molecule has 0 aromatic carbocycles. The highest BCUT2D eigenvalue weighted by atomic mass is 32.2. The Hall–Kier alpha value is -1.78. The van der Waals surface area contributed by atoms with Gasteiger partial charge in [-0.05, 0) is 91.7 Å². The van der Waals surface area contributed by atoms with Gasteiger partial charge in [0.15, 0.2) is 0 Å². The number of hydrogen-bond donors (Lipinski definition) is 2. The Morgan fingerprint density at radius 3 is 2.00 bits per heavy atom. The second-order valence-corrected chi connectivity index (χ2v) is 10.5. The van der Waals surface area contributed by atoms with Crippen LogP contribution >= 0.6 is 11.8 Å². The Morgan fingerprint density at radius 1 is 0.909 bits per heavy atom. The summed E-state index contributed by atoms with van der Waals surface area (Å²) < 4.78 is 0. The van der Waals surface area contributed by atoms with Crippen LogP contribution in [0.1, 0.15) is 78.7 Å². The molecule has 0 spiro atoms. The fourth-order valence-electron chi connectivity index (χ4n) is 3.33. The lowest BCUT2D eigenvalue weighted by molar-refractivity contribution is 0.808. The maximum absolute atomic E-state index is 5.94. The highest BCUT2D eigenvalue weighted by Crippen LogP contribution is 2.15. The smallest absolute Gasteiger partial charge is 0.126 e. The molecule has 1 unspecified atom stereocenters. The summed E-state index contributed by atoms with van der Waals surface area (Å²) in [5.74, 6) is 2.92. The van der Waals surface area contributed by atoms with E-state index in [0.717, 1.165) is 43.0 Å². The summed E-state index contributed by atoms with van der Waals surface area (Å²) >= 11 is 1.93. The monoisotopic (exact) mass is 469 g/mol. The number of allylic oxidation sites excluding steroid dienone is 7. The molecule has 1 aromatic heterocycles. The number of nitrogens with two attached hydrogens (primary N) is 1. The van der Waals surface area contributed by atoms with E-state index in [1.807, 2.05) is 30.9 Å². The Kier molecular flexibility index (Phi) is 15.7. The van der Waals surface area contributed by atoms with Gasteiger partial charge in [0.25, 0.3) is 0 Å². The molecule has 1 rings (SSSR count). The lowest BCUT2D eigenvalue weighted by Gasteiger charge is -2.16. The van der Waals surface area contributed by atoms with Crippen LogP contribution in [0, 0.1) is 6.92 Å². The van der Waals surface area contributed by atoms with Crippen LogP contribution in [0.3, 0.4) is 0 Å². The third kappa shape index (κ3) is 15.6. The molecule has 3 N–H and O–H groups in total. The second kappa shape index (κ2) is 17.7. The van der Waals surface area contributed by atoms with E-state index in [1.165, 1.54) is 40.7 Å². The summed E-state index contributed by atoms with van der Waals surface area (Å²) in [7, 11) is 0. The van der Waals surface area contributed by atoms with E-state index in [2.05, 4.69) is 75.3 Å². The first-order valence-electron chi connectivity index (χ1n) is 12.4. The van der Waals surface area contributed by atoms with Crippen molar-refractivity contribution in [3.8, 4) is 0 Å². The molecule has 4 heteroatoms. The average molecular weight is 470 g/mol. The molecule has 0 bridgehead atoms. The van der Waals surface area contributed by atoms with Gasteiger partial charge in [-0.2, -0.15) is 11.8 Å². The zero-order valence-electron chi connectivity index (χ0n) is 21.9. The first kappa shape index (κ1) is 29.3. The molecular formula is C29H47N3S. The quantitative estimate of drug-likeness (QED) is 0.190. The Morgan fingerprint density at radius 2 is 1.48 bits per heavy atom. The molecule has 184 valence electrons. The van der Waals surface area contributed by atoms with Crippen LogP contribution in [0.5, 0.6) is 0 Å². The van der Waals surface area contributed by atoms with E-state index < -0.39 is 0 Å². The summed E-state index contributed by atoms with van der Waals surface area (Å²) in [5.41, 5.74) is 13.0. The van der Waals surface area contributed by atoms with Gasteiger partial charge in [-0.1, -0.05) is 52.7 Å². The van der Waals surface area contributed by atoms with Crippen molar-refractivity contribution < 1.29 is 0 Å². The standard InChI is InChI=1S/C29H47N3S/c1-23(2)10-7-11-24(3)12-8-13-25(4)14-9-15-26(5)18-19-33-22-28(20-30)32-29-17-16-27(6)21-31-29/h10,12,14,16-18,21,28H,7-9,11,13,15,19-20,22,30H2,1-6H3,(H,31,32)/b24-12+,25-14+,26-18+. The van der Waals surface area contributed by atoms with Crippen molar-refractivity contribution in [1.29, 1.82) is 0 Å². The van der Waals surface area contributed by atoms with E-state index in [-0.39, 0.29) is 6.04 Å². The van der Waals surface area contributed by atoms with E-state index in [9.17, 15) is 0 Å². The van der Waals surface area contributed by atoms with Crippen LogP contribution in [0.15, 0.2) is 64.9 Å². The molecule has 33 heavy (non-hydrogen) atoms. The molecule has 1 aromatic rings. The van der Waals surface area contributed by atoms with Gasteiger partial charge in [0.1, 0.15) is 5.82 Å². The SMILES string of the molecule is CC(C)=CCC/C(C)=C/CC/C(C)=C/CC/C(C)=C/CSCC(CN)Nc1ccc(C)cn1. The molecule has 0 aliphatic carbocycles. The van der Waals surface area contributed by atoms with Crippen LogP contribution in [0.25, 0.3) is 0 Å². The molecule has 0 aliphatic heterocycles. The predicted molar refractivity (Wildman–Crippen MR) is 151 cm³/mol. The second-order valence-electron chi connectivity index (χ2n) is 9.38. The molecule has 1 atom stereocenters. The lowest BCUT2D eigenvalue weighted by Crippen LogP contribution is -2.31. The summed E-state index contributed by atoms with van der Waals surface area (Å²) in [4.78, 5) is 4.42. The first-order valence-corrected chi connectivity index (χ1v) is 13.5. The van der Waals surface area contributed by atoms with Gasteiger partial charge < -0.3 is 11.1 Å². The van der Waals surface area contributed by atoms with Crippen LogP contribution in [-0.2, 0) is 0 Å². The molecule has 0 aliphatic rings. The molecule has 3 nitrogen and oxygen atoms in total. The van der Waals surface area contributed by atoms with Crippen molar-refractivity contribution in [3.05, 3.63) is 70.5 Å². The van der Waals surface area contributed by atoms with Gasteiger partial charge in [0.05, 0.1) is 0 Å². The largest absolute Gasteiger partial charge is 0.365 e. The maximum Gasteiger partial charge on any atom is 0.126 e. The zero-order valence-corrected chi connectivity index (χ0v) is 22.7. The molecule has 0 amide bonds. The Bertz CT molecular complexity index is 784. The van der Waals surface area contributed by atoms with Gasteiger partial charge in [-0.25, -0.2) is 4.98 Å². The topological polar surface area (TPSA) is 50.9 Å². The summed E-state index contributed by atoms with van der Waals surface area (Å²) in [6.45, 7) is 13.8. The van der Waals surface area contributed by atoms with E-state index in [1.54, 1.807) is 0 Å². The fraction of sp³-hybridized carbons (Fsp3) is 0.552. The minimum atomic E-state index is 0.245. The number of anilines is 1. The molecule has 0 radical (unpaired) electrons. The minimum absolute atomic E-state index is 0.245. The van der Waals surface area contributed by atoms with Gasteiger partial charge in [0.2, 0.25) is 0 Å². The number of pyridine rings is 1. The Labute approximate surface area is 208 Å². The van der Waals surface area contributed by atoms with Crippen molar-refractivity contribution in [3.63, 3.8) is 0 Å². The van der Waals surface area contributed by atoms with Crippen molar-refractivity contribution in [2.75, 3.05) is 23.4 Å². The number of thioether (sulfide) groups is 1. The van der Waals surface area contributed by atoms with Crippen LogP contribution in [0.4, 0.5) is 5.82 Å². The Balaban J connectivity index is 2.23. The van der Waals surface area contributed by atoms with E-state index >= 15 is 0 Å². The van der Waals surface area contributed by atoms with Crippen LogP contribution in [-0.4, -0.2) is 29.1 Å². The van der Waals surface area contributed by atoms with Crippen molar-refractivity contribution in [1.82, 2.24) is 4.98 Å². The van der Waals surface area contributed by atoms with E-state index in [0.29, 0.717) is 6.54 Å². The molecule has 0 saturated carbocycles. The fourth-order valence-corrected chi connectivity index (χ4v) is 4.37. The van der Waals surface area contributed by atoms with Gasteiger partial charge in [-0.15, -0.1) is 0 Å². The third-order valence-electron chi connectivity index (χ3n) is 5.57. The number of nitrogens with zero attached hydrogens (tertiary/aromatic N) is 1. The summed E-state index contributed by atoms with van der Waals surface area (Å²) in [6, 6.07) is 4.34. The number of rotatable bonds is 16. The highest BCUT2D eigenvalue weighted by molar-refractivity contribution is 7.99. The van der Waals surface area contributed by atoms with Crippen LogP contribution in [0.2, 0.25) is 0 Å². The van der Waals surface area contributed by atoms with Crippen molar-refractivity contribution in [2.24, 2.45) is 5.73 Å². The van der Waals surface area contributed by atoms with E-state index in [4.69, 9.17) is 5.73 Å². The van der Waals surface area contributed by atoms with Gasteiger partial charge in [0, 0.05) is 30.3 Å². The molecule has 1 heterocycles. The zero-order chi connectivity index (χ0) is 24.5. The van der Waals surface area contributed by atoms with Gasteiger partial charge in [-0.3, -0.25) is 0 Å². The summed E-state index contributed by atoms with van der Waals surface area (Å²) in [5, 5.41) is 3.44. The average Bonchev–Trinajstić information content (AvgIpc) is 2.77. The number of hydrogen-bond acceptors (Lipinski definition) is 4. The predicted octanol–water partition coefficient (Wildman–Crippen LogP) is 8.01. The van der Waals surface area contributed by atoms with Crippen molar-refractivity contribution >= 4 is 17.6 Å².